The molecule has 0 bridgehead atoms. The Morgan fingerprint density at radius 1 is 1.24 bits per heavy atom. The van der Waals surface area contributed by atoms with Crippen LogP contribution < -0.4 is 20.7 Å². The number of aromatic nitrogens is 5. The summed E-state index contributed by atoms with van der Waals surface area (Å²) in [7, 11) is 1.49. The highest BCUT2D eigenvalue weighted by Gasteiger charge is 2.30. The molecule has 0 radical (unpaired) electrons. The quantitative estimate of drug-likeness (QED) is 0.475. The van der Waals surface area contributed by atoms with Gasteiger partial charge in [-0.1, -0.05) is 0 Å². The number of carbonyl (C=O) groups excluding carboxylic acids is 2. The van der Waals surface area contributed by atoms with Crippen molar-refractivity contribution in [3.8, 4) is 16.9 Å². The van der Waals surface area contributed by atoms with E-state index in [4.69, 9.17) is 8.85 Å². The van der Waals surface area contributed by atoms with Crippen LogP contribution in [-0.2, 0) is 4.79 Å². The van der Waals surface area contributed by atoms with Crippen LogP contribution in [0.5, 0.6) is 5.75 Å². The monoisotopic (exact) mass is 451 g/mol. The number of nitrogens with zero attached hydrogens (tertiary/aromatic N) is 5. The number of hydrogen-bond acceptors (Lipinski definition) is 8. The smallest absolute Gasteiger partial charge is 0.273 e. The first-order valence-corrected chi connectivity index (χ1v) is 10.6. The number of carbonyl (C=O) groups is 2. The first-order valence-electron chi connectivity index (χ1n) is 12.1. The van der Waals surface area contributed by atoms with Crippen molar-refractivity contribution in [3.63, 3.8) is 0 Å². The number of rotatable bonds is 8. The molecule has 3 aromatic heterocycles. The number of ether oxygens (including phenoxy) is 1. The average molecular weight is 452 g/mol. The second kappa shape index (κ2) is 8.49. The van der Waals surface area contributed by atoms with Crippen LogP contribution in [0.1, 0.15) is 46.3 Å². The zero-order valence-electron chi connectivity index (χ0n) is 20.8. The lowest BCUT2D eigenvalue weighted by atomic mass is 10.1. The van der Waals surface area contributed by atoms with Gasteiger partial charge in [0.1, 0.15) is 0 Å². The molecule has 0 atom stereocenters. The van der Waals surface area contributed by atoms with Gasteiger partial charge in [-0.15, -0.1) is 10.2 Å². The molecular weight excluding hydrogens is 424 g/mol. The summed E-state index contributed by atoms with van der Waals surface area (Å²) < 4.78 is 29.6. The Bertz CT molecular complexity index is 1320. The minimum Gasteiger partial charge on any atom is -0.492 e. The van der Waals surface area contributed by atoms with E-state index in [1.54, 1.807) is 18.5 Å². The molecule has 11 nitrogen and oxygen atoms in total. The van der Waals surface area contributed by atoms with Gasteiger partial charge in [0, 0.05) is 46.6 Å². The molecule has 0 aliphatic heterocycles. The van der Waals surface area contributed by atoms with Gasteiger partial charge in [0.15, 0.2) is 23.1 Å². The Kier molecular flexibility index (Phi) is 4.51. The third-order valence-corrected chi connectivity index (χ3v) is 5.52. The first kappa shape index (κ1) is 17.5. The molecule has 2 aliphatic rings. The van der Waals surface area contributed by atoms with E-state index in [0.29, 0.717) is 11.8 Å². The average Bonchev–Trinajstić information content (AvgIpc) is 3.76. The fourth-order valence-corrected chi connectivity index (χ4v) is 3.46. The summed E-state index contributed by atoms with van der Waals surface area (Å²) in [5, 5.41) is 19.8. The van der Waals surface area contributed by atoms with E-state index in [1.807, 2.05) is 16.2 Å². The summed E-state index contributed by atoms with van der Waals surface area (Å²) in [4.78, 5) is 29.2. The zero-order valence-corrected chi connectivity index (χ0v) is 17.8. The minimum atomic E-state index is -2.73. The molecule has 2 amide bonds. The Balaban J connectivity index is 1.49. The number of hydrogen-bond donors (Lipinski definition) is 3. The van der Waals surface area contributed by atoms with E-state index in [0.717, 1.165) is 36.8 Å². The van der Waals surface area contributed by atoms with Crippen LogP contribution in [0.3, 0.4) is 0 Å². The summed E-state index contributed by atoms with van der Waals surface area (Å²) in [6, 6.07) is 3.60. The summed E-state index contributed by atoms with van der Waals surface area (Å²) in [6.45, 7) is -2.73. The van der Waals surface area contributed by atoms with E-state index in [2.05, 4.69) is 30.9 Å². The fraction of sp³-hybridized carbons (Fsp3) is 0.364. The van der Waals surface area contributed by atoms with Crippen molar-refractivity contribution in [2.75, 3.05) is 24.7 Å². The normalized spacial score (nSPS) is 16.8. The Morgan fingerprint density at radius 2 is 2.09 bits per heavy atom. The van der Waals surface area contributed by atoms with Gasteiger partial charge in [0.2, 0.25) is 5.91 Å². The molecule has 11 heteroatoms. The molecule has 2 fully saturated rings. The van der Waals surface area contributed by atoms with E-state index in [-0.39, 0.29) is 34.8 Å². The molecule has 0 aromatic carbocycles. The number of methoxy groups -OCH3 is 1. The van der Waals surface area contributed by atoms with Gasteiger partial charge in [-0.3, -0.25) is 14.3 Å². The number of anilines is 3. The molecule has 5 rings (SSSR count). The number of pyridine rings is 1. The maximum absolute atomic E-state index is 12.7. The molecule has 3 N–H and O–H groups in total. The molecular formula is C22H24N8O3. The minimum absolute atomic E-state index is 0.0725. The van der Waals surface area contributed by atoms with Crippen molar-refractivity contribution >= 4 is 29.1 Å². The van der Waals surface area contributed by atoms with E-state index >= 15 is 0 Å². The standard InChI is InChI=1S/C22H24N8O3/c1-23-22(32)18-16(9-17(28-29-18)27-21(31)12-3-4-12)26-20-19(33-2)15(7-8-24-20)13-10-25-30(11-13)14-5-6-14/h7-12,14H,3-6H2,1-2H3,(H,23,32)(H2,24,26,27,28,31)/i1D3. The maximum atomic E-state index is 12.7. The third kappa shape index (κ3) is 4.34. The van der Waals surface area contributed by atoms with Gasteiger partial charge in [0.25, 0.3) is 5.91 Å². The fourth-order valence-electron chi connectivity index (χ4n) is 3.46. The summed E-state index contributed by atoms with van der Waals surface area (Å²) in [5.41, 5.74) is 1.36. The van der Waals surface area contributed by atoms with Gasteiger partial charge in [-0.2, -0.15) is 5.10 Å². The van der Waals surface area contributed by atoms with Crippen molar-refractivity contribution in [3.05, 3.63) is 36.4 Å². The molecule has 3 aromatic rings. The van der Waals surface area contributed by atoms with Gasteiger partial charge in [-0.05, 0) is 31.7 Å². The van der Waals surface area contributed by atoms with Crippen molar-refractivity contribution in [1.29, 1.82) is 0 Å². The lowest BCUT2D eigenvalue weighted by molar-refractivity contribution is -0.117. The highest BCUT2D eigenvalue weighted by Crippen LogP contribution is 2.39. The van der Waals surface area contributed by atoms with Gasteiger partial charge in [0.05, 0.1) is 25.0 Å². The highest BCUT2D eigenvalue weighted by atomic mass is 16.5. The van der Waals surface area contributed by atoms with Crippen molar-refractivity contribution < 1.29 is 18.4 Å². The highest BCUT2D eigenvalue weighted by molar-refractivity contribution is 5.99. The van der Waals surface area contributed by atoms with Crippen molar-refractivity contribution in [2.24, 2.45) is 5.92 Å². The lowest BCUT2D eigenvalue weighted by Crippen LogP contribution is -2.22. The third-order valence-electron chi connectivity index (χ3n) is 5.52. The number of amides is 2. The second-order valence-electron chi connectivity index (χ2n) is 8.02. The summed E-state index contributed by atoms with van der Waals surface area (Å²) in [5.74, 6) is -0.483. The molecule has 0 spiro atoms. The SMILES string of the molecule is [2H]C([2H])([2H])NC(=O)c1nnc(NC(=O)C2CC2)cc1Nc1nccc(-c2cnn(C3CC3)c2)c1OC. The van der Waals surface area contributed by atoms with Crippen LogP contribution in [0.4, 0.5) is 17.3 Å². The molecule has 2 aliphatic carbocycles. The van der Waals surface area contributed by atoms with Gasteiger partial charge < -0.3 is 20.7 Å². The molecule has 0 unspecified atom stereocenters. The Morgan fingerprint density at radius 3 is 2.82 bits per heavy atom. The second-order valence-corrected chi connectivity index (χ2v) is 8.02. The van der Waals surface area contributed by atoms with Crippen molar-refractivity contribution in [1.82, 2.24) is 30.3 Å². The van der Waals surface area contributed by atoms with E-state index in [1.165, 1.54) is 13.2 Å². The lowest BCUT2D eigenvalue weighted by Gasteiger charge is -2.15. The predicted molar refractivity (Wildman–Crippen MR) is 120 cm³/mol. The summed E-state index contributed by atoms with van der Waals surface area (Å²) >= 11 is 0. The molecule has 33 heavy (non-hydrogen) atoms. The van der Waals surface area contributed by atoms with Crippen LogP contribution in [-0.4, -0.2) is 50.9 Å². The topological polar surface area (TPSA) is 136 Å². The maximum Gasteiger partial charge on any atom is 0.273 e. The van der Waals surface area contributed by atoms with Crippen LogP contribution in [0.25, 0.3) is 11.1 Å². The molecule has 3 heterocycles. The van der Waals surface area contributed by atoms with Gasteiger partial charge in [-0.25, -0.2) is 4.98 Å². The van der Waals surface area contributed by atoms with Crippen LogP contribution in [0.2, 0.25) is 0 Å². The zero-order chi connectivity index (χ0) is 25.4. The largest absolute Gasteiger partial charge is 0.492 e. The molecule has 2 saturated carbocycles. The predicted octanol–water partition coefficient (Wildman–Crippen LogP) is 2.53. The van der Waals surface area contributed by atoms with E-state index < -0.39 is 12.9 Å². The van der Waals surface area contributed by atoms with E-state index in [9.17, 15) is 9.59 Å². The van der Waals surface area contributed by atoms with Crippen LogP contribution in [0.15, 0.2) is 30.7 Å². The summed E-state index contributed by atoms with van der Waals surface area (Å²) in [6.07, 6.45) is 9.04. The van der Waals surface area contributed by atoms with Crippen LogP contribution >= 0.6 is 0 Å². The number of nitrogens with one attached hydrogen (secondary N) is 3. The first-order chi connectivity index (χ1) is 17.2. The Labute approximate surface area is 194 Å². The Hall–Kier alpha value is -4.02. The van der Waals surface area contributed by atoms with Gasteiger partial charge >= 0.3 is 0 Å². The molecule has 0 saturated heterocycles. The van der Waals surface area contributed by atoms with Crippen molar-refractivity contribution in [2.45, 2.75) is 31.7 Å². The molecule has 170 valence electrons. The van der Waals surface area contributed by atoms with Crippen LogP contribution in [0, 0.1) is 5.92 Å².